The van der Waals surface area contributed by atoms with Crippen LogP contribution in [0.1, 0.15) is 45.4 Å². The Labute approximate surface area is 145 Å². The van der Waals surface area contributed by atoms with Crippen molar-refractivity contribution in [3.63, 3.8) is 0 Å². The van der Waals surface area contributed by atoms with Crippen molar-refractivity contribution >= 4 is 5.91 Å². The first-order chi connectivity index (χ1) is 11.7. The van der Waals surface area contributed by atoms with E-state index in [0.717, 1.165) is 50.4 Å². The maximum Gasteiger partial charge on any atom is 0.234 e. The van der Waals surface area contributed by atoms with Crippen molar-refractivity contribution in [1.29, 1.82) is 0 Å². The van der Waals surface area contributed by atoms with Gasteiger partial charge in [0.25, 0.3) is 0 Å². The molecule has 0 radical (unpaired) electrons. The number of para-hydroxylation sites is 1. The second-order valence-electron chi connectivity index (χ2n) is 7.43. The van der Waals surface area contributed by atoms with E-state index in [1.807, 2.05) is 30.3 Å². The zero-order valence-corrected chi connectivity index (χ0v) is 14.7. The number of carbonyl (C=O) groups is 1. The first-order valence-electron chi connectivity index (χ1n) is 9.42. The molecule has 4 nitrogen and oxygen atoms in total. The van der Waals surface area contributed by atoms with Gasteiger partial charge in [0, 0.05) is 19.1 Å². The monoisotopic (exact) mass is 330 g/mol. The van der Waals surface area contributed by atoms with Gasteiger partial charge < -0.3 is 10.1 Å². The zero-order chi connectivity index (χ0) is 16.8. The van der Waals surface area contributed by atoms with Gasteiger partial charge in [0.15, 0.2) is 0 Å². The molecule has 0 spiro atoms. The molecule has 132 valence electrons. The lowest BCUT2D eigenvalue weighted by atomic mass is 9.87. The minimum Gasteiger partial charge on any atom is -0.490 e. The number of hydrogen-bond donors (Lipinski definition) is 1. The molecule has 1 aliphatic carbocycles. The number of hydrogen-bond acceptors (Lipinski definition) is 3. The maximum absolute atomic E-state index is 12.2. The van der Waals surface area contributed by atoms with Crippen LogP contribution >= 0.6 is 0 Å². The second kappa shape index (κ2) is 8.52. The number of nitrogens with zero attached hydrogens (tertiary/aromatic N) is 1. The van der Waals surface area contributed by atoms with E-state index in [-0.39, 0.29) is 12.0 Å². The predicted molar refractivity (Wildman–Crippen MR) is 96.1 cm³/mol. The highest BCUT2D eigenvalue weighted by atomic mass is 16.5. The van der Waals surface area contributed by atoms with Gasteiger partial charge in [-0.2, -0.15) is 0 Å². The minimum atomic E-state index is 0.192. The zero-order valence-electron chi connectivity index (χ0n) is 14.7. The molecular weight excluding hydrogens is 300 g/mol. The summed E-state index contributed by atoms with van der Waals surface area (Å²) in [4.78, 5) is 14.5. The highest BCUT2D eigenvalue weighted by Gasteiger charge is 2.24. The summed E-state index contributed by atoms with van der Waals surface area (Å²) < 4.78 is 6.01. The van der Waals surface area contributed by atoms with Crippen LogP contribution in [0.3, 0.4) is 0 Å². The molecule has 1 aromatic carbocycles. The van der Waals surface area contributed by atoms with Gasteiger partial charge in [-0.3, -0.25) is 9.69 Å². The van der Waals surface area contributed by atoms with Crippen LogP contribution in [0.25, 0.3) is 0 Å². The van der Waals surface area contributed by atoms with E-state index >= 15 is 0 Å². The molecule has 1 aromatic rings. The van der Waals surface area contributed by atoms with E-state index in [9.17, 15) is 4.79 Å². The first kappa shape index (κ1) is 17.3. The average Bonchev–Trinajstić information content (AvgIpc) is 2.60. The summed E-state index contributed by atoms with van der Waals surface area (Å²) in [6, 6.07) is 10.4. The minimum absolute atomic E-state index is 0.192. The Morgan fingerprint density at radius 3 is 2.42 bits per heavy atom. The van der Waals surface area contributed by atoms with E-state index in [4.69, 9.17) is 4.74 Å². The van der Waals surface area contributed by atoms with Gasteiger partial charge in [-0.25, -0.2) is 0 Å². The molecular formula is C20H30N2O2. The lowest BCUT2D eigenvalue weighted by Gasteiger charge is -2.32. The summed E-state index contributed by atoms with van der Waals surface area (Å²) in [5.41, 5.74) is 0. The van der Waals surface area contributed by atoms with Crippen LogP contribution in [0.5, 0.6) is 5.75 Å². The van der Waals surface area contributed by atoms with Crippen LogP contribution in [0.15, 0.2) is 30.3 Å². The number of nitrogens with one attached hydrogen (secondary N) is 1. The normalized spacial score (nSPS) is 26.0. The van der Waals surface area contributed by atoms with Crippen LogP contribution in [0.2, 0.25) is 0 Å². The molecule has 0 aromatic heterocycles. The Morgan fingerprint density at radius 1 is 1.08 bits per heavy atom. The molecule has 4 heteroatoms. The van der Waals surface area contributed by atoms with E-state index in [1.165, 1.54) is 12.8 Å². The quantitative estimate of drug-likeness (QED) is 0.901. The lowest BCUT2D eigenvalue weighted by molar-refractivity contribution is -0.123. The van der Waals surface area contributed by atoms with Gasteiger partial charge in [-0.1, -0.05) is 25.1 Å². The molecule has 1 amide bonds. The standard InChI is InChI=1S/C20H30N2O2/c1-16-7-9-17(10-8-16)21-20(23)15-22-13-11-19(12-14-22)24-18-5-3-2-4-6-18/h2-6,16-17,19H,7-15H2,1H3,(H,21,23). The molecule has 0 unspecified atom stereocenters. The van der Waals surface area contributed by atoms with Gasteiger partial charge in [-0.15, -0.1) is 0 Å². The van der Waals surface area contributed by atoms with E-state index in [2.05, 4.69) is 17.1 Å². The number of amides is 1. The highest BCUT2D eigenvalue weighted by Crippen LogP contribution is 2.23. The summed E-state index contributed by atoms with van der Waals surface area (Å²) in [6.45, 7) is 4.71. The fourth-order valence-corrected chi connectivity index (χ4v) is 3.76. The van der Waals surface area contributed by atoms with Gasteiger partial charge in [0.2, 0.25) is 5.91 Å². The predicted octanol–water partition coefficient (Wildman–Crippen LogP) is 3.22. The smallest absolute Gasteiger partial charge is 0.234 e. The van der Waals surface area contributed by atoms with Crippen molar-refractivity contribution in [1.82, 2.24) is 10.2 Å². The van der Waals surface area contributed by atoms with Crippen molar-refractivity contribution in [3.05, 3.63) is 30.3 Å². The van der Waals surface area contributed by atoms with Crippen LogP contribution in [-0.2, 0) is 4.79 Å². The molecule has 2 fully saturated rings. The number of ether oxygens (including phenoxy) is 1. The SMILES string of the molecule is CC1CCC(NC(=O)CN2CCC(Oc3ccccc3)CC2)CC1. The largest absolute Gasteiger partial charge is 0.490 e. The molecule has 3 rings (SSSR count). The number of rotatable bonds is 5. The van der Waals surface area contributed by atoms with Gasteiger partial charge in [0.05, 0.1) is 6.54 Å². The number of likely N-dealkylation sites (tertiary alicyclic amines) is 1. The summed E-state index contributed by atoms with van der Waals surface area (Å²) in [7, 11) is 0. The Kier molecular flexibility index (Phi) is 6.13. The van der Waals surface area contributed by atoms with Crippen molar-refractivity contribution in [2.75, 3.05) is 19.6 Å². The molecule has 1 aliphatic heterocycles. The van der Waals surface area contributed by atoms with E-state index in [1.54, 1.807) is 0 Å². The van der Waals surface area contributed by atoms with E-state index in [0.29, 0.717) is 12.6 Å². The third-order valence-electron chi connectivity index (χ3n) is 5.33. The Balaban J connectivity index is 1.35. The molecule has 1 saturated carbocycles. The van der Waals surface area contributed by atoms with Crippen LogP contribution in [0.4, 0.5) is 0 Å². The van der Waals surface area contributed by atoms with Crippen molar-refractivity contribution in [3.8, 4) is 5.75 Å². The molecule has 1 saturated heterocycles. The lowest BCUT2D eigenvalue weighted by Crippen LogP contribution is -2.46. The third-order valence-corrected chi connectivity index (χ3v) is 5.33. The summed E-state index contributed by atoms with van der Waals surface area (Å²) >= 11 is 0. The molecule has 0 bridgehead atoms. The number of piperidine rings is 1. The number of benzene rings is 1. The summed E-state index contributed by atoms with van der Waals surface area (Å²) in [6.07, 6.45) is 7.01. The van der Waals surface area contributed by atoms with Crippen molar-refractivity contribution < 1.29 is 9.53 Å². The Hall–Kier alpha value is -1.55. The maximum atomic E-state index is 12.2. The molecule has 0 atom stereocenters. The first-order valence-corrected chi connectivity index (χ1v) is 9.42. The molecule has 1 N–H and O–H groups in total. The van der Waals surface area contributed by atoms with Crippen LogP contribution < -0.4 is 10.1 Å². The van der Waals surface area contributed by atoms with Crippen molar-refractivity contribution in [2.24, 2.45) is 5.92 Å². The van der Waals surface area contributed by atoms with Crippen molar-refractivity contribution in [2.45, 2.75) is 57.6 Å². The van der Waals surface area contributed by atoms with Gasteiger partial charge in [0.1, 0.15) is 11.9 Å². The number of carbonyl (C=O) groups excluding carboxylic acids is 1. The molecule has 1 heterocycles. The van der Waals surface area contributed by atoms with Crippen LogP contribution in [0, 0.1) is 5.92 Å². The Morgan fingerprint density at radius 2 is 1.75 bits per heavy atom. The summed E-state index contributed by atoms with van der Waals surface area (Å²) in [5, 5.41) is 3.23. The van der Waals surface area contributed by atoms with Gasteiger partial charge >= 0.3 is 0 Å². The van der Waals surface area contributed by atoms with Gasteiger partial charge in [-0.05, 0) is 56.6 Å². The molecule has 24 heavy (non-hydrogen) atoms. The van der Waals surface area contributed by atoms with Crippen LogP contribution in [-0.4, -0.2) is 42.6 Å². The fraction of sp³-hybridized carbons (Fsp3) is 0.650. The highest BCUT2D eigenvalue weighted by molar-refractivity contribution is 5.78. The van der Waals surface area contributed by atoms with E-state index < -0.39 is 0 Å². The second-order valence-corrected chi connectivity index (χ2v) is 7.43. The Bertz CT molecular complexity index is 504. The topological polar surface area (TPSA) is 41.6 Å². The summed E-state index contributed by atoms with van der Waals surface area (Å²) in [5.74, 6) is 1.96. The fourth-order valence-electron chi connectivity index (χ4n) is 3.76. The third kappa shape index (κ3) is 5.23. The average molecular weight is 330 g/mol. The molecule has 2 aliphatic rings.